The Balaban J connectivity index is 1.23. The van der Waals surface area contributed by atoms with E-state index in [-0.39, 0.29) is 24.0 Å². The standard InChI is InChI=1S/C25H32N4O3/c1-17(2)18(3)24(30)28-12-10-23(16-28)32-22-8-6-21(7-9-22)27-25(31)29-14-20(15-29)19-5-4-11-26-13-19/h4-9,11,13,17-18,20,23H,10,12,14-16H2,1-3H3,(H,27,31). The van der Waals surface area contributed by atoms with Crippen LogP contribution in [0.2, 0.25) is 0 Å². The normalized spacial score (nSPS) is 19.6. The van der Waals surface area contributed by atoms with Gasteiger partial charge in [0, 0.05) is 56.0 Å². The fraction of sp³-hybridized carbons (Fsp3) is 0.480. The van der Waals surface area contributed by atoms with Crippen molar-refractivity contribution in [1.82, 2.24) is 14.8 Å². The summed E-state index contributed by atoms with van der Waals surface area (Å²) in [6, 6.07) is 11.3. The number of pyridine rings is 1. The molecule has 4 rings (SSSR count). The van der Waals surface area contributed by atoms with Crippen molar-refractivity contribution in [2.24, 2.45) is 11.8 Å². The second kappa shape index (κ2) is 9.59. The summed E-state index contributed by atoms with van der Waals surface area (Å²) < 4.78 is 6.08. The zero-order valence-electron chi connectivity index (χ0n) is 19.0. The molecule has 0 aliphatic carbocycles. The van der Waals surface area contributed by atoms with Crippen LogP contribution in [0.1, 0.15) is 38.7 Å². The van der Waals surface area contributed by atoms with Gasteiger partial charge in [-0.15, -0.1) is 0 Å². The first-order valence-electron chi connectivity index (χ1n) is 11.4. The Morgan fingerprint density at radius 1 is 1.06 bits per heavy atom. The van der Waals surface area contributed by atoms with Crippen LogP contribution in [-0.4, -0.2) is 59.0 Å². The minimum absolute atomic E-state index is 0.00394. The number of likely N-dealkylation sites (tertiary alicyclic amines) is 2. The number of hydrogen-bond acceptors (Lipinski definition) is 4. The highest BCUT2D eigenvalue weighted by atomic mass is 16.5. The Hall–Kier alpha value is -3.09. The lowest BCUT2D eigenvalue weighted by Crippen LogP contribution is -2.50. The molecule has 32 heavy (non-hydrogen) atoms. The Morgan fingerprint density at radius 2 is 1.81 bits per heavy atom. The molecule has 2 aliphatic rings. The number of ether oxygens (including phenoxy) is 1. The van der Waals surface area contributed by atoms with Gasteiger partial charge < -0.3 is 19.9 Å². The molecule has 1 aromatic heterocycles. The van der Waals surface area contributed by atoms with Crippen molar-refractivity contribution in [3.8, 4) is 5.75 Å². The molecule has 0 bridgehead atoms. The largest absolute Gasteiger partial charge is 0.489 e. The first-order chi connectivity index (χ1) is 15.4. The molecule has 1 aromatic carbocycles. The van der Waals surface area contributed by atoms with E-state index < -0.39 is 0 Å². The topological polar surface area (TPSA) is 74.8 Å². The van der Waals surface area contributed by atoms with Crippen molar-refractivity contribution in [3.63, 3.8) is 0 Å². The van der Waals surface area contributed by atoms with E-state index in [1.807, 2.05) is 48.4 Å². The molecule has 170 valence electrons. The Kier molecular flexibility index (Phi) is 6.63. The Morgan fingerprint density at radius 3 is 2.47 bits per heavy atom. The fourth-order valence-electron chi connectivity index (χ4n) is 4.08. The van der Waals surface area contributed by atoms with Gasteiger partial charge in [-0.2, -0.15) is 0 Å². The zero-order valence-corrected chi connectivity index (χ0v) is 19.0. The summed E-state index contributed by atoms with van der Waals surface area (Å²) in [5.41, 5.74) is 1.91. The van der Waals surface area contributed by atoms with E-state index in [4.69, 9.17) is 4.74 Å². The van der Waals surface area contributed by atoms with Crippen LogP contribution in [0.3, 0.4) is 0 Å². The van der Waals surface area contributed by atoms with Crippen LogP contribution in [0.15, 0.2) is 48.8 Å². The minimum Gasteiger partial charge on any atom is -0.489 e. The van der Waals surface area contributed by atoms with E-state index in [9.17, 15) is 9.59 Å². The molecule has 2 aromatic rings. The summed E-state index contributed by atoms with van der Waals surface area (Å²) in [5.74, 6) is 1.68. The number of aromatic nitrogens is 1. The monoisotopic (exact) mass is 436 g/mol. The molecular formula is C25H32N4O3. The highest BCUT2D eigenvalue weighted by Gasteiger charge is 2.32. The summed E-state index contributed by atoms with van der Waals surface area (Å²) in [5, 5.41) is 2.94. The molecule has 0 spiro atoms. The Bertz CT molecular complexity index is 926. The number of anilines is 1. The van der Waals surface area contributed by atoms with Gasteiger partial charge in [0.2, 0.25) is 5.91 Å². The van der Waals surface area contributed by atoms with Gasteiger partial charge in [0.1, 0.15) is 11.9 Å². The molecule has 0 saturated carbocycles. The van der Waals surface area contributed by atoms with Crippen molar-refractivity contribution >= 4 is 17.6 Å². The molecule has 2 aliphatic heterocycles. The van der Waals surface area contributed by atoms with Gasteiger partial charge in [0.25, 0.3) is 0 Å². The minimum atomic E-state index is -0.0944. The SMILES string of the molecule is CC(C)C(C)C(=O)N1CCC(Oc2ccc(NC(=O)N3CC(c4cccnc4)C3)cc2)C1. The third kappa shape index (κ3) is 5.03. The van der Waals surface area contributed by atoms with Gasteiger partial charge in [0.05, 0.1) is 6.54 Å². The quantitative estimate of drug-likeness (QED) is 0.743. The third-order valence-corrected chi connectivity index (χ3v) is 6.58. The van der Waals surface area contributed by atoms with Crippen LogP contribution in [-0.2, 0) is 4.79 Å². The highest BCUT2D eigenvalue weighted by molar-refractivity contribution is 5.90. The predicted octanol–water partition coefficient (Wildman–Crippen LogP) is 3.98. The number of benzene rings is 1. The maximum absolute atomic E-state index is 12.5. The predicted molar refractivity (Wildman–Crippen MR) is 124 cm³/mol. The van der Waals surface area contributed by atoms with Crippen LogP contribution < -0.4 is 10.1 Å². The lowest BCUT2D eigenvalue weighted by atomic mass is 9.93. The smallest absolute Gasteiger partial charge is 0.321 e. The number of carbonyl (C=O) groups is 2. The molecule has 2 saturated heterocycles. The summed E-state index contributed by atoms with van der Waals surface area (Å²) >= 11 is 0. The van der Waals surface area contributed by atoms with Gasteiger partial charge in [-0.3, -0.25) is 9.78 Å². The third-order valence-electron chi connectivity index (χ3n) is 6.58. The summed E-state index contributed by atoms with van der Waals surface area (Å²) in [6.45, 7) is 8.91. The first-order valence-corrected chi connectivity index (χ1v) is 11.4. The van der Waals surface area contributed by atoms with Crippen molar-refractivity contribution in [2.45, 2.75) is 39.2 Å². The average molecular weight is 437 g/mol. The number of hydrogen-bond donors (Lipinski definition) is 1. The zero-order chi connectivity index (χ0) is 22.7. The molecule has 2 fully saturated rings. The average Bonchev–Trinajstić information content (AvgIpc) is 3.22. The molecule has 1 N–H and O–H groups in total. The van der Waals surface area contributed by atoms with E-state index in [2.05, 4.69) is 30.2 Å². The number of carbonyl (C=O) groups excluding carboxylic acids is 2. The highest BCUT2D eigenvalue weighted by Crippen LogP contribution is 2.27. The number of nitrogens with one attached hydrogen (secondary N) is 1. The van der Waals surface area contributed by atoms with Crippen LogP contribution in [0.4, 0.5) is 10.5 Å². The van der Waals surface area contributed by atoms with Crippen LogP contribution in [0, 0.1) is 11.8 Å². The van der Waals surface area contributed by atoms with Crippen molar-refractivity contribution in [2.75, 3.05) is 31.5 Å². The van der Waals surface area contributed by atoms with Crippen molar-refractivity contribution < 1.29 is 14.3 Å². The van der Waals surface area contributed by atoms with Gasteiger partial charge in [0.15, 0.2) is 0 Å². The Labute approximate surface area is 189 Å². The lowest BCUT2D eigenvalue weighted by molar-refractivity contribution is -0.135. The van der Waals surface area contributed by atoms with E-state index >= 15 is 0 Å². The van der Waals surface area contributed by atoms with Crippen LogP contribution in [0.5, 0.6) is 5.75 Å². The number of nitrogens with zero attached hydrogens (tertiary/aromatic N) is 3. The summed E-state index contributed by atoms with van der Waals surface area (Å²) in [4.78, 5) is 32.9. The second-order valence-electron chi connectivity index (χ2n) is 9.19. The van der Waals surface area contributed by atoms with E-state index in [0.29, 0.717) is 31.5 Å². The van der Waals surface area contributed by atoms with Gasteiger partial charge >= 0.3 is 6.03 Å². The number of amides is 3. The summed E-state index contributed by atoms with van der Waals surface area (Å²) in [6.07, 6.45) is 4.46. The second-order valence-corrected chi connectivity index (χ2v) is 9.19. The van der Waals surface area contributed by atoms with Crippen molar-refractivity contribution in [3.05, 3.63) is 54.4 Å². The number of rotatable bonds is 6. The molecule has 2 atom stereocenters. The van der Waals surface area contributed by atoms with Gasteiger partial charge in [-0.25, -0.2) is 4.79 Å². The molecule has 3 amide bonds. The lowest BCUT2D eigenvalue weighted by Gasteiger charge is -2.39. The van der Waals surface area contributed by atoms with E-state index in [1.54, 1.807) is 11.1 Å². The molecular weight excluding hydrogens is 404 g/mol. The van der Waals surface area contributed by atoms with E-state index in [0.717, 1.165) is 24.4 Å². The fourth-order valence-corrected chi connectivity index (χ4v) is 4.08. The molecule has 3 heterocycles. The van der Waals surface area contributed by atoms with Crippen LogP contribution in [0.25, 0.3) is 0 Å². The maximum atomic E-state index is 12.5. The maximum Gasteiger partial charge on any atom is 0.321 e. The number of urea groups is 1. The van der Waals surface area contributed by atoms with Crippen molar-refractivity contribution in [1.29, 1.82) is 0 Å². The molecule has 7 nitrogen and oxygen atoms in total. The molecule has 2 unspecified atom stereocenters. The van der Waals surface area contributed by atoms with E-state index in [1.165, 1.54) is 5.56 Å². The summed E-state index contributed by atoms with van der Waals surface area (Å²) in [7, 11) is 0. The molecule has 7 heteroatoms. The molecule has 0 radical (unpaired) electrons. The van der Waals surface area contributed by atoms with Gasteiger partial charge in [-0.05, 0) is 41.8 Å². The van der Waals surface area contributed by atoms with Crippen LogP contribution >= 0.6 is 0 Å². The first kappa shape index (κ1) is 22.1. The van der Waals surface area contributed by atoms with Gasteiger partial charge in [-0.1, -0.05) is 26.8 Å².